The van der Waals surface area contributed by atoms with Crippen LogP contribution in [0.5, 0.6) is 0 Å². The van der Waals surface area contributed by atoms with Crippen molar-refractivity contribution in [1.82, 2.24) is 9.97 Å². The Morgan fingerprint density at radius 1 is 1.12 bits per heavy atom. The van der Waals surface area contributed by atoms with E-state index in [0.717, 1.165) is 11.1 Å². The number of aromatic nitrogens is 2. The molecule has 0 fully saturated rings. The van der Waals surface area contributed by atoms with Crippen LogP contribution in [0.3, 0.4) is 0 Å². The maximum absolute atomic E-state index is 8.18. The zero-order valence-corrected chi connectivity index (χ0v) is 8.48. The van der Waals surface area contributed by atoms with E-state index in [1.807, 2.05) is 30.3 Å². The molecule has 0 atom stereocenters. The second-order valence-corrected chi connectivity index (χ2v) is 3.17. The van der Waals surface area contributed by atoms with Gasteiger partial charge in [0.25, 0.3) is 0 Å². The van der Waals surface area contributed by atoms with Crippen LogP contribution in [0.1, 0.15) is 5.56 Å². The highest BCUT2D eigenvalue weighted by Crippen LogP contribution is 2.13. The van der Waals surface area contributed by atoms with Crippen molar-refractivity contribution < 1.29 is 0 Å². The summed E-state index contributed by atoms with van der Waals surface area (Å²) in [6.45, 7) is 0.283. The highest BCUT2D eigenvalue weighted by atomic mass is 15.1. The molecule has 0 spiro atoms. The van der Waals surface area contributed by atoms with Crippen molar-refractivity contribution in [3.05, 3.63) is 58.7 Å². The van der Waals surface area contributed by atoms with Crippen LogP contribution in [-0.4, -0.2) is 9.97 Å². The first-order chi connectivity index (χ1) is 7.90. The van der Waals surface area contributed by atoms with Gasteiger partial charge in [0.05, 0.1) is 6.54 Å². The van der Waals surface area contributed by atoms with Crippen molar-refractivity contribution in [3.63, 3.8) is 0 Å². The molecule has 1 aromatic carbocycles. The number of benzene rings is 1. The van der Waals surface area contributed by atoms with E-state index < -0.39 is 0 Å². The maximum atomic E-state index is 8.18. The van der Waals surface area contributed by atoms with Crippen molar-refractivity contribution in [3.8, 4) is 11.4 Å². The lowest BCUT2D eigenvalue weighted by Crippen LogP contribution is -1.91. The van der Waals surface area contributed by atoms with Crippen LogP contribution >= 0.6 is 0 Å². The lowest BCUT2D eigenvalue weighted by molar-refractivity contribution is 0.998. The van der Waals surface area contributed by atoms with E-state index in [-0.39, 0.29) is 6.54 Å². The average molecular weight is 211 g/mol. The molecule has 1 aromatic heterocycles. The normalized spacial score (nSPS) is 9.50. The van der Waals surface area contributed by atoms with Gasteiger partial charge in [-0.15, -0.1) is 0 Å². The summed E-state index contributed by atoms with van der Waals surface area (Å²) >= 11 is 0. The van der Waals surface area contributed by atoms with Gasteiger partial charge in [-0.1, -0.05) is 35.4 Å². The highest BCUT2D eigenvalue weighted by Gasteiger charge is 1.99. The van der Waals surface area contributed by atoms with Crippen molar-refractivity contribution in [1.29, 1.82) is 0 Å². The number of hydrogen-bond acceptors (Lipinski definition) is 3. The van der Waals surface area contributed by atoms with E-state index in [9.17, 15) is 0 Å². The standard InChI is InChI=1S/C11H9N5/c12-16-15-8-9-6-13-11(14-7-9)10-4-2-1-3-5-10/h1-7H,8H2. The first-order valence-electron chi connectivity index (χ1n) is 4.77. The van der Waals surface area contributed by atoms with E-state index in [2.05, 4.69) is 20.0 Å². The fraction of sp³-hybridized carbons (Fsp3) is 0.0909. The minimum Gasteiger partial charge on any atom is -0.236 e. The molecule has 5 nitrogen and oxygen atoms in total. The van der Waals surface area contributed by atoms with Crippen molar-refractivity contribution >= 4 is 0 Å². The predicted molar refractivity (Wildman–Crippen MR) is 60.3 cm³/mol. The molecule has 0 amide bonds. The Morgan fingerprint density at radius 2 is 1.81 bits per heavy atom. The molecule has 0 saturated heterocycles. The van der Waals surface area contributed by atoms with Gasteiger partial charge in [0.15, 0.2) is 5.82 Å². The molecule has 2 rings (SSSR count). The van der Waals surface area contributed by atoms with Gasteiger partial charge in [0, 0.05) is 22.9 Å². The van der Waals surface area contributed by atoms with Crippen LogP contribution in [-0.2, 0) is 6.54 Å². The summed E-state index contributed by atoms with van der Waals surface area (Å²) in [7, 11) is 0. The quantitative estimate of drug-likeness (QED) is 0.444. The van der Waals surface area contributed by atoms with Gasteiger partial charge in [-0.25, -0.2) is 9.97 Å². The Morgan fingerprint density at radius 3 is 2.44 bits per heavy atom. The Kier molecular flexibility index (Phi) is 3.11. The van der Waals surface area contributed by atoms with Crippen LogP contribution < -0.4 is 0 Å². The summed E-state index contributed by atoms with van der Waals surface area (Å²) < 4.78 is 0. The molecule has 0 aliphatic heterocycles. The summed E-state index contributed by atoms with van der Waals surface area (Å²) in [6.07, 6.45) is 3.34. The smallest absolute Gasteiger partial charge is 0.159 e. The number of rotatable bonds is 3. The second kappa shape index (κ2) is 4.91. The van der Waals surface area contributed by atoms with E-state index >= 15 is 0 Å². The maximum Gasteiger partial charge on any atom is 0.159 e. The van der Waals surface area contributed by atoms with Gasteiger partial charge in [-0.05, 0) is 11.1 Å². The van der Waals surface area contributed by atoms with Crippen LogP contribution in [0.4, 0.5) is 0 Å². The first-order valence-corrected chi connectivity index (χ1v) is 4.77. The molecule has 16 heavy (non-hydrogen) atoms. The zero-order valence-electron chi connectivity index (χ0n) is 8.48. The Hall–Kier alpha value is -2.39. The average Bonchev–Trinajstić information content (AvgIpc) is 2.38. The minimum atomic E-state index is 0.283. The Balaban J connectivity index is 2.23. The van der Waals surface area contributed by atoms with Gasteiger partial charge in [-0.2, -0.15) is 0 Å². The van der Waals surface area contributed by atoms with Gasteiger partial charge < -0.3 is 0 Å². The Labute approximate surface area is 92.4 Å². The van der Waals surface area contributed by atoms with Crippen molar-refractivity contribution in [2.75, 3.05) is 0 Å². The highest BCUT2D eigenvalue weighted by molar-refractivity contribution is 5.53. The topological polar surface area (TPSA) is 74.5 Å². The number of azide groups is 1. The molecule has 0 unspecified atom stereocenters. The third-order valence-corrected chi connectivity index (χ3v) is 2.05. The van der Waals surface area contributed by atoms with Gasteiger partial charge in [-0.3, -0.25) is 0 Å². The molecular weight excluding hydrogens is 202 g/mol. The molecule has 5 heteroatoms. The largest absolute Gasteiger partial charge is 0.236 e. The molecular formula is C11H9N5. The van der Waals surface area contributed by atoms with E-state index in [4.69, 9.17) is 5.53 Å². The van der Waals surface area contributed by atoms with E-state index in [1.54, 1.807) is 12.4 Å². The first kappa shape index (κ1) is 10.1. The summed E-state index contributed by atoms with van der Waals surface area (Å²) in [5.41, 5.74) is 9.95. The molecule has 0 N–H and O–H groups in total. The monoisotopic (exact) mass is 211 g/mol. The van der Waals surface area contributed by atoms with Crippen molar-refractivity contribution in [2.45, 2.75) is 6.54 Å². The number of hydrogen-bond donors (Lipinski definition) is 0. The molecule has 0 saturated carbocycles. The van der Waals surface area contributed by atoms with Crippen LogP contribution in [0, 0.1) is 0 Å². The van der Waals surface area contributed by atoms with Crippen LogP contribution in [0.2, 0.25) is 0 Å². The fourth-order valence-corrected chi connectivity index (χ4v) is 1.29. The number of nitrogens with zero attached hydrogens (tertiary/aromatic N) is 5. The third-order valence-electron chi connectivity index (χ3n) is 2.05. The summed E-state index contributed by atoms with van der Waals surface area (Å²) in [5.74, 6) is 0.672. The summed E-state index contributed by atoms with van der Waals surface area (Å²) in [5, 5.41) is 3.45. The molecule has 0 aliphatic carbocycles. The molecule has 78 valence electrons. The van der Waals surface area contributed by atoms with Gasteiger partial charge >= 0.3 is 0 Å². The summed E-state index contributed by atoms with van der Waals surface area (Å²) in [4.78, 5) is 11.1. The summed E-state index contributed by atoms with van der Waals surface area (Å²) in [6, 6.07) is 9.71. The molecule has 0 bridgehead atoms. The van der Waals surface area contributed by atoms with E-state index in [1.165, 1.54) is 0 Å². The van der Waals surface area contributed by atoms with Gasteiger partial charge in [0.2, 0.25) is 0 Å². The minimum absolute atomic E-state index is 0.283. The SMILES string of the molecule is [N-]=[N+]=NCc1cnc(-c2ccccc2)nc1. The van der Waals surface area contributed by atoms with Crippen LogP contribution in [0.15, 0.2) is 47.8 Å². The van der Waals surface area contributed by atoms with E-state index in [0.29, 0.717) is 5.82 Å². The molecule has 2 aromatic rings. The zero-order chi connectivity index (χ0) is 11.2. The fourth-order valence-electron chi connectivity index (χ4n) is 1.29. The lowest BCUT2D eigenvalue weighted by atomic mass is 10.2. The molecule has 0 radical (unpaired) electrons. The van der Waals surface area contributed by atoms with Crippen LogP contribution in [0.25, 0.3) is 21.8 Å². The lowest BCUT2D eigenvalue weighted by Gasteiger charge is -1.99. The Bertz CT molecular complexity index is 500. The molecule has 0 aliphatic rings. The van der Waals surface area contributed by atoms with Gasteiger partial charge in [0.1, 0.15) is 0 Å². The third kappa shape index (κ3) is 2.34. The predicted octanol–water partition coefficient (Wildman–Crippen LogP) is 2.95. The molecule has 1 heterocycles. The second-order valence-electron chi connectivity index (χ2n) is 3.17. The van der Waals surface area contributed by atoms with Crippen molar-refractivity contribution in [2.24, 2.45) is 5.11 Å².